The molecule has 0 radical (unpaired) electrons. The molecule has 0 N–H and O–H groups in total. The van der Waals surface area contributed by atoms with E-state index in [2.05, 4.69) is 219 Å². The number of aromatic nitrogens is 3. The van der Waals surface area contributed by atoms with E-state index in [1.165, 1.54) is 81.7 Å². The number of rotatable bonds is 4. The summed E-state index contributed by atoms with van der Waals surface area (Å²) in [4.78, 5) is 11.1. The van der Waals surface area contributed by atoms with E-state index in [4.69, 9.17) is 9.97 Å². The third-order valence-corrected chi connectivity index (χ3v) is 13.5. The van der Waals surface area contributed by atoms with Crippen LogP contribution in [0.2, 0.25) is 0 Å². The van der Waals surface area contributed by atoms with Gasteiger partial charge < -0.3 is 0 Å². The summed E-state index contributed by atoms with van der Waals surface area (Å²) in [5.74, 6) is 0.656. The molecule has 290 valence electrons. The maximum absolute atomic E-state index is 5.56. The summed E-state index contributed by atoms with van der Waals surface area (Å²) in [6.07, 6.45) is 0. The number of fused-ring (bicyclic) bond motifs is 17. The fourth-order valence-corrected chi connectivity index (χ4v) is 10.9. The highest BCUT2D eigenvalue weighted by atomic mass is 15.2. The summed E-state index contributed by atoms with van der Waals surface area (Å²) in [5.41, 5.74) is 13.3. The molecular weight excluding hydrogens is 751 g/mol. The first-order chi connectivity index (χ1) is 30.5. The molecule has 12 aromatic rings. The highest BCUT2D eigenvalue weighted by Gasteiger charge is 2.42. The number of nitrogens with zero attached hydrogens (tertiary/aromatic N) is 3. The lowest BCUT2D eigenvalue weighted by Crippen LogP contribution is -2.18. The van der Waals surface area contributed by atoms with E-state index in [0.29, 0.717) is 5.95 Å². The Kier molecular flexibility index (Phi) is 7.36. The molecule has 62 heavy (non-hydrogen) atoms. The van der Waals surface area contributed by atoms with Crippen LogP contribution in [-0.2, 0) is 5.41 Å². The number of hydrogen-bond donors (Lipinski definition) is 0. The molecule has 3 nitrogen and oxygen atoms in total. The van der Waals surface area contributed by atoms with Gasteiger partial charge in [0, 0.05) is 27.3 Å². The maximum atomic E-state index is 5.56. The van der Waals surface area contributed by atoms with Crippen LogP contribution in [-0.4, -0.2) is 14.5 Å². The van der Waals surface area contributed by atoms with Crippen LogP contribution in [0, 0.1) is 0 Å². The van der Waals surface area contributed by atoms with E-state index in [1.54, 1.807) is 0 Å². The van der Waals surface area contributed by atoms with Crippen molar-refractivity contribution in [3.8, 4) is 50.7 Å². The average Bonchev–Trinajstić information content (AvgIpc) is 3.80. The summed E-state index contributed by atoms with van der Waals surface area (Å²) in [7, 11) is 0. The Labute approximate surface area is 359 Å². The Hall–Kier alpha value is -7.88. The van der Waals surface area contributed by atoms with Crippen molar-refractivity contribution in [2.75, 3.05) is 0 Å². The molecule has 10 aromatic carbocycles. The number of para-hydroxylation sites is 1. The molecule has 0 atom stereocenters. The van der Waals surface area contributed by atoms with Gasteiger partial charge in [-0.1, -0.05) is 196 Å². The van der Waals surface area contributed by atoms with Gasteiger partial charge in [-0.15, -0.1) is 0 Å². The number of benzene rings is 10. The second-order valence-corrected chi connectivity index (χ2v) is 17.2. The largest absolute Gasteiger partial charge is 0.278 e. The van der Waals surface area contributed by atoms with Gasteiger partial charge in [0.05, 0.1) is 22.4 Å². The van der Waals surface area contributed by atoms with Crippen molar-refractivity contribution in [3.05, 3.63) is 211 Å². The normalized spacial score (nSPS) is 13.1. The van der Waals surface area contributed by atoms with Crippen molar-refractivity contribution in [2.24, 2.45) is 0 Å². The predicted molar refractivity (Wildman–Crippen MR) is 260 cm³/mol. The Morgan fingerprint density at radius 2 is 0.887 bits per heavy atom. The van der Waals surface area contributed by atoms with Crippen LogP contribution in [0.5, 0.6) is 0 Å². The van der Waals surface area contributed by atoms with Crippen LogP contribution in [0.4, 0.5) is 0 Å². The Bertz CT molecular complexity index is 3820. The molecule has 0 saturated carbocycles. The number of hydrogen-bond acceptors (Lipinski definition) is 2. The van der Waals surface area contributed by atoms with Gasteiger partial charge in [-0.05, 0) is 94.7 Å². The molecule has 3 heteroatoms. The van der Waals surface area contributed by atoms with Crippen LogP contribution < -0.4 is 0 Å². The molecule has 0 amide bonds. The Balaban J connectivity index is 1.16. The monoisotopic (exact) mass is 789 g/mol. The van der Waals surface area contributed by atoms with Gasteiger partial charge in [0.15, 0.2) is 0 Å². The second-order valence-electron chi connectivity index (χ2n) is 17.2. The minimum absolute atomic E-state index is 0.409. The van der Waals surface area contributed by atoms with Crippen LogP contribution in [0.3, 0.4) is 0 Å². The van der Waals surface area contributed by atoms with Gasteiger partial charge >= 0.3 is 0 Å². The van der Waals surface area contributed by atoms with Gasteiger partial charge in [-0.3, -0.25) is 4.57 Å². The van der Waals surface area contributed by atoms with E-state index < -0.39 is 5.41 Å². The molecule has 0 fully saturated rings. The Morgan fingerprint density at radius 1 is 0.371 bits per heavy atom. The molecule has 0 spiro atoms. The first kappa shape index (κ1) is 34.9. The molecule has 0 saturated heterocycles. The molecule has 0 aliphatic heterocycles. The first-order valence-corrected chi connectivity index (χ1v) is 21.5. The van der Waals surface area contributed by atoms with Crippen molar-refractivity contribution in [3.63, 3.8) is 0 Å². The lowest BCUT2D eigenvalue weighted by atomic mass is 9.76. The van der Waals surface area contributed by atoms with E-state index in [9.17, 15) is 0 Å². The molecule has 0 unspecified atom stereocenters. The zero-order chi connectivity index (χ0) is 41.1. The van der Waals surface area contributed by atoms with Crippen molar-refractivity contribution < 1.29 is 0 Å². The van der Waals surface area contributed by atoms with Crippen molar-refractivity contribution in [2.45, 2.75) is 19.3 Å². The zero-order valence-corrected chi connectivity index (χ0v) is 34.4. The molecule has 0 bridgehead atoms. The van der Waals surface area contributed by atoms with E-state index in [0.717, 1.165) is 39.1 Å². The predicted octanol–water partition coefficient (Wildman–Crippen LogP) is 15.5. The minimum Gasteiger partial charge on any atom is -0.278 e. The van der Waals surface area contributed by atoms with Crippen LogP contribution in [0.1, 0.15) is 25.0 Å². The standard InChI is InChI=1S/C59H39N3/c1-59(2)55-48(53-46-30-14-13-29-45(46)52-43-27-11-9-24-40(43)41-25-10-12-28-44(41)54(52)56(53)59)33-32-47-42-26-15-16-31-51(42)62(57(47)55)58-60-49(37-20-7-4-8-21-37)35-50(61-58)39-23-17-22-38(34-39)36-18-5-3-6-19-36/h3-35H,1-2H3. The van der Waals surface area contributed by atoms with E-state index in [-0.39, 0.29) is 0 Å². The average molecular weight is 790 g/mol. The fourth-order valence-electron chi connectivity index (χ4n) is 10.9. The molecule has 2 aromatic heterocycles. The smallest absolute Gasteiger partial charge is 0.235 e. The van der Waals surface area contributed by atoms with Crippen molar-refractivity contribution >= 4 is 64.9 Å². The van der Waals surface area contributed by atoms with Gasteiger partial charge in [-0.2, -0.15) is 0 Å². The SMILES string of the molecule is CC1(C)c2c(c3ccccc3c3c4ccccc4c4ccccc4c23)-c2ccc3c4ccccc4n(-c4nc(-c5ccccc5)cc(-c5cccc(-c6ccccc6)c5)n4)c3c21. The summed E-state index contributed by atoms with van der Waals surface area (Å²) in [5, 5.41) is 12.8. The minimum atomic E-state index is -0.409. The van der Waals surface area contributed by atoms with E-state index in [1.807, 2.05) is 0 Å². The highest BCUT2D eigenvalue weighted by Crippen LogP contribution is 2.59. The summed E-state index contributed by atoms with van der Waals surface area (Å²) in [6, 6.07) is 72.5. The lowest BCUT2D eigenvalue weighted by Gasteiger charge is -2.27. The van der Waals surface area contributed by atoms with Crippen LogP contribution in [0.15, 0.2) is 200 Å². The Morgan fingerprint density at radius 3 is 1.58 bits per heavy atom. The van der Waals surface area contributed by atoms with Crippen molar-refractivity contribution in [1.82, 2.24) is 14.5 Å². The highest BCUT2D eigenvalue weighted by molar-refractivity contribution is 6.35. The van der Waals surface area contributed by atoms with Gasteiger partial charge in [0.1, 0.15) is 0 Å². The third kappa shape index (κ3) is 4.88. The molecular formula is C59H39N3. The summed E-state index contributed by atoms with van der Waals surface area (Å²) in [6.45, 7) is 4.89. The van der Waals surface area contributed by atoms with Gasteiger partial charge in [-0.25, -0.2) is 9.97 Å². The fraction of sp³-hybridized carbons (Fsp3) is 0.0508. The van der Waals surface area contributed by atoms with Crippen LogP contribution >= 0.6 is 0 Å². The van der Waals surface area contributed by atoms with Crippen molar-refractivity contribution in [1.29, 1.82) is 0 Å². The lowest BCUT2D eigenvalue weighted by molar-refractivity contribution is 0.670. The van der Waals surface area contributed by atoms with E-state index >= 15 is 0 Å². The first-order valence-electron chi connectivity index (χ1n) is 21.5. The maximum Gasteiger partial charge on any atom is 0.235 e. The summed E-state index contributed by atoms with van der Waals surface area (Å²) >= 11 is 0. The molecule has 13 rings (SSSR count). The zero-order valence-electron chi connectivity index (χ0n) is 34.4. The van der Waals surface area contributed by atoms with Crippen LogP contribution in [0.25, 0.3) is 116 Å². The molecule has 2 heterocycles. The topological polar surface area (TPSA) is 30.7 Å². The van der Waals surface area contributed by atoms with Gasteiger partial charge in [0.2, 0.25) is 5.95 Å². The molecule has 1 aliphatic carbocycles. The molecule has 1 aliphatic rings. The quantitative estimate of drug-likeness (QED) is 0.166. The van der Waals surface area contributed by atoms with Gasteiger partial charge in [0.25, 0.3) is 0 Å². The third-order valence-electron chi connectivity index (χ3n) is 13.5. The second kappa shape index (κ2) is 13.1. The summed E-state index contributed by atoms with van der Waals surface area (Å²) < 4.78 is 2.37.